The predicted octanol–water partition coefficient (Wildman–Crippen LogP) is 4.98. The maximum atomic E-state index is 9.20. The molecule has 3 aromatic rings. The Labute approximate surface area is 194 Å². The van der Waals surface area contributed by atoms with Gasteiger partial charge in [-0.1, -0.05) is 0 Å². The van der Waals surface area contributed by atoms with Crippen LogP contribution in [-0.2, 0) is 4.74 Å². The van der Waals surface area contributed by atoms with Gasteiger partial charge in [0.25, 0.3) is 0 Å². The average Bonchev–Trinajstić information content (AvgIpc) is 3.28. The number of benzene rings is 1. The van der Waals surface area contributed by atoms with Crippen LogP contribution in [0.5, 0.6) is 5.75 Å². The largest absolute Gasteiger partial charge is 0.492 e. The van der Waals surface area contributed by atoms with Gasteiger partial charge in [-0.15, -0.1) is 0 Å². The second-order valence-corrected chi connectivity index (χ2v) is 9.17. The smallest absolute Gasteiger partial charge is 0.227 e. The molecule has 0 aliphatic carbocycles. The molecule has 0 saturated carbocycles. The molecular formula is C25H30N6O2. The maximum absolute atomic E-state index is 9.20. The number of aryl methyl sites for hydroxylation is 2. The quantitative estimate of drug-likeness (QED) is 0.546. The van der Waals surface area contributed by atoms with Crippen molar-refractivity contribution in [3.8, 4) is 23.1 Å². The molecule has 0 amide bonds. The second kappa shape index (κ2) is 9.59. The van der Waals surface area contributed by atoms with Crippen LogP contribution in [0.15, 0.2) is 36.8 Å². The minimum Gasteiger partial charge on any atom is -0.492 e. The highest BCUT2D eigenvalue weighted by molar-refractivity contribution is 5.66. The van der Waals surface area contributed by atoms with E-state index in [4.69, 9.17) is 14.5 Å². The van der Waals surface area contributed by atoms with E-state index in [1.54, 1.807) is 6.20 Å². The zero-order chi connectivity index (χ0) is 23.4. The van der Waals surface area contributed by atoms with Crippen molar-refractivity contribution in [3.63, 3.8) is 0 Å². The molecule has 172 valence electrons. The molecule has 0 spiro atoms. The van der Waals surface area contributed by atoms with E-state index in [0.29, 0.717) is 18.6 Å². The summed E-state index contributed by atoms with van der Waals surface area (Å²) in [7, 11) is 0. The Morgan fingerprint density at radius 3 is 2.73 bits per heavy atom. The summed E-state index contributed by atoms with van der Waals surface area (Å²) in [4.78, 5) is 9.22. The number of rotatable bonds is 7. The molecular weight excluding hydrogens is 416 g/mol. The van der Waals surface area contributed by atoms with E-state index in [-0.39, 0.29) is 0 Å². The minimum atomic E-state index is -0.534. The lowest BCUT2D eigenvalue weighted by Gasteiger charge is -2.22. The van der Waals surface area contributed by atoms with Crippen molar-refractivity contribution in [2.45, 2.75) is 46.6 Å². The van der Waals surface area contributed by atoms with Gasteiger partial charge in [0, 0.05) is 31.2 Å². The second-order valence-electron chi connectivity index (χ2n) is 9.17. The van der Waals surface area contributed by atoms with Gasteiger partial charge in [0.05, 0.1) is 35.1 Å². The van der Waals surface area contributed by atoms with Gasteiger partial charge in [-0.05, 0) is 69.9 Å². The van der Waals surface area contributed by atoms with Gasteiger partial charge < -0.3 is 14.8 Å². The van der Waals surface area contributed by atoms with Crippen molar-refractivity contribution >= 4 is 11.6 Å². The fraction of sp³-hybridized carbons (Fsp3) is 0.440. The predicted molar refractivity (Wildman–Crippen MR) is 126 cm³/mol. The lowest BCUT2D eigenvalue weighted by molar-refractivity contribution is 0.0662. The molecule has 1 aliphatic heterocycles. The van der Waals surface area contributed by atoms with Crippen molar-refractivity contribution in [2.75, 3.05) is 25.1 Å². The third kappa shape index (κ3) is 5.49. The SMILES string of the molecule is Cc1cc(-c2nc(Nc3cnn(C4CCOCC4)c3)ncc2C)ccc1OCC(C)(C)C#N. The Morgan fingerprint density at radius 1 is 1.21 bits per heavy atom. The number of ether oxygens (including phenoxy) is 2. The topological polar surface area (TPSA) is 97.9 Å². The number of nitrogens with one attached hydrogen (secondary N) is 1. The molecule has 4 rings (SSSR count). The van der Waals surface area contributed by atoms with Crippen LogP contribution in [0, 0.1) is 30.6 Å². The van der Waals surface area contributed by atoms with E-state index in [9.17, 15) is 5.26 Å². The summed E-state index contributed by atoms with van der Waals surface area (Å²) < 4.78 is 13.3. The molecule has 1 fully saturated rings. The van der Waals surface area contributed by atoms with Crippen LogP contribution in [0.4, 0.5) is 11.6 Å². The third-order valence-electron chi connectivity index (χ3n) is 5.73. The monoisotopic (exact) mass is 446 g/mol. The van der Waals surface area contributed by atoms with Crippen molar-refractivity contribution in [3.05, 3.63) is 47.9 Å². The average molecular weight is 447 g/mol. The lowest BCUT2D eigenvalue weighted by atomic mass is 9.97. The molecule has 8 nitrogen and oxygen atoms in total. The normalized spacial score (nSPS) is 14.6. The van der Waals surface area contributed by atoms with E-state index in [0.717, 1.165) is 59.9 Å². The molecule has 1 saturated heterocycles. The lowest BCUT2D eigenvalue weighted by Crippen LogP contribution is -2.19. The van der Waals surface area contributed by atoms with Crippen LogP contribution in [0.25, 0.3) is 11.3 Å². The van der Waals surface area contributed by atoms with E-state index >= 15 is 0 Å². The van der Waals surface area contributed by atoms with E-state index < -0.39 is 5.41 Å². The standard InChI is InChI=1S/C25H30N6O2/c1-17-11-19(5-6-22(17)33-16-25(3,4)15-26)23-18(2)12-27-24(30-23)29-20-13-28-31(14-20)21-7-9-32-10-8-21/h5-6,11-14,21H,7-10,16H2,1-4H3,(H,27,29,30). The summed E-state index contributed by atoms with van der Waals surface area (Å²) in [6.45, 7) is 9.61. The van der Waals surface area contributed by atoms with Crippen LogP contribution in [0.2, 0.25) is 0 Å². The van der Waals surface area contributed by atoms with Crippen LogP contribution in [0.1, 0.15) is 43.9 Å². The van der Waals surface area contributed by atoms with Gasteiger partial charge in [0.15, 0.2) is 0 Å². The Morgan fingerprint density at radius 2 is 2.00 bits per heavy atom. The molecule has 0 bridgehead atoms. The highest BCUT2D eigenvalue weighted by Gasteiger charge is 2.19. The molecule has 0 unspecified atom stereocenters. The summed E-state index contributed by atoms with van der Waals surface area (Å²) in [5.74, 6) is 1.29. The number of hydrogen-bond acceptors (Lipinski definition) is 7. The fourth-order valence-corrected chi connectivity index (χ4v) is 3.72. The van der Waals surface area contributed by atoms with E-state index in [1.165, 1.54) is 0 Å². The first-order valence-electron chi connectivity index (χ1n) is 11.2. The molecule has 1 aromatic carbocycles. The first-order chi connectivity index (χ1) is 15.8. The van der Waals surface area contributed by atoms with Crippen molar-refractivity contribution in [1.82, 2.24) is 19.7 Å². The number of nitriles is 1. The Bertz CT molecular complexity index is 1160. The summed E-state index contributed by atoms with van der Waals surface area (Å²) in [6, 6.07) is 8.61. The van der Waals surface area contributed by atoms with Crippen molar-refractivity contribution in [1.29, 1.82) is 5.26 Å². The third-order valence-corrected chi connectivity index (χ3v) is 5.73. The van der Waals surface area contributed by atoms with E-state index in [1.807, 2.05) is 56.9 Å². The zero-order valence-electron chi connectivity index (χ0n) is 19.6. The first-order valence-corrected chi connectivity index (χ1v) is 11.2. The molecule has 1 N–H and O–H groups in total. The molecule has 8 heteroatoms. The number of nitrogens with zero attached hydrogens (tertiary/aromatic N) is 5. The van der Waals surface area contributed by atoms with Crippen molar-refractivity contribution in [2.24, 2.45) is 5.41 Å². The molecule has 0 radical (unpaired) electrons. The van der Waals surface area contributed by atoms with Gasteiger partial charge in [0.1, 0.15) is 12.4 Å². The first kappa shape index (κ1) is 22.7. The molecule has 0 atom stereocenters. The Hall–Kier alpha value is -3.44. The summed E-state index contributed by atoms with van der Waals surface area (Å²) >= 11 is 0. The fourth-order valence-electron chi connectivity index (χ4n) is 3.72. The summed E-state index contributed by atoms with van der Waals surface area (Å²) in [5.41, 5.74) is 4.14. The maximum Gasteiger partial charge on any atom is 0.227 e. The minimum absolute atomic E-state index is 0.339. The van der Waals surface area contributed by atoms with Gasteiger partial charge >= 0.3 is 0 Å². The molecule has 1 aliphatic rings. The van der Waals surface area contributed by atoms with E-state index in [2.05, 4.69) is 27.5 Å². The highest BCUT2D eigenvalue weighted by atomic mass is 16.5. The Kier molecular flexibility index (Phi) is 6.61. The molecule has 33 heavy (non-hydrogen) atoms. The van der Waals surface area contributed by atoms with Crippen LogP contribution in [-0.4, -0.2) is 39.6 Å². The van der Waals surface area contributed by atoms with Gasteiger partial charge in [-0.25, -0.2) is 9.97 Å². The van der Waals surface area contributed by atoms with Crippen LogP contribution >= 0.6 is 0 Å². The molecule has 2 aromatic heterocycles. The summed E-state index contributed by atoms with van der Waals surface area (Å²) in [6.07, 6.45) is 7.57. The van der Waals surface area contributed by atoms with Crippen molar-refractivity contribution < 1.29 is 9.47 Å². The van der Waals surface area contributed by atoms with Crippen LogP contribution < -0.4 is 10.1 Å². The highest BCUT2D eigenvalue weighted by Crippen LogP contribution is 2.29. The number of aromatic nitrogens is 4. The Balaban J connectivity index is 1.50. The number of hydrogen-bond donors (Lipinski definition) is 1. The number of anilines is 2. The van der Waals surface area contributed by atoms with Gasteiger partial charge in [-0.3, -0.25) is 4.68 Å². The summed E-state index contributed by atoms with van der Waals surface area (Å²) in [5, 5.41) is 17.0. The molecule has 3 heterocycles. The van der Waals surface area contributed by atoms with Crippen LogP contribution in [0.3, 0.4) is 0 Å². The zero-order valence-corrected chi connectivity index (χ0v) is 19.6. The van der Waals surface area contributed by atoms with Gasteiger partial charge in [-0.2, -0.15) is 10.4 Å². The van der Waals surface area contributed by atoms with Gasteiger partial charge in [0.2, 0.25) is 5.95 Å².